The molecule has 1 rings (SSSR count). The molecule has 0 aliphatic rings. The molecule has 0 heterocycles. The van der Waals surface area contributed by atoms with Crippen molar-refractivity contribution in [2.75, 3.05) is 0 Å². The van der Waals surface area contributed by atoms with Crippen molar-refractivity contribution in [3.8, 4) is 0 Å². The summed E-state index contributed by atoms with van der Waals surface area (Å²) in [6, 6.07) is 9.56. The van der Waals surface area contributed by atoms with Crippen LogP contribution in [-0.4, -0.2) is 22.2 Å². The molecule has 1 aromatic carbocycles. The molecule has 0 spiro atoms. The summed E-state index contributed by atoms with van der Waals surface area (Å²) in [5, 5.41) is 17.8. The Morgan fingerprint density at radius 3 is 2.26 bits per heavy atom. The highest BCUT2D eigenvalue weighted by molar-refractivity contribution is 5.71. The van der Waals surface area contributed by atoms with E-state index in [1.54, 1.807) is 6.92 Å². The molecule has 0 saturated carbocycles. The van der Waals surface area contributed by atoms with Crippen LogP contribution >= 0.6 is 0 Å². The smallest absolute Gasteiger partial charge is 0.306 e. The van der Waals surface area contributed by atoms with Gasteiger partial charge in [-0.05, 0) is 24.3 Å². The molecule has 19 heavy (non-hydrogen) atoms. The molecule has 2 N–H and O–H groups in total. The van der Waals surface area contributed by atoms with Crippen LogP contribution in [0.5, 0.6) is 0 Å². The molecule has 2 atom stereocenters. The summed E-state index contributed by atoms with van der Waals surface area (Å²) < 4.78 is 0. The highest BCUT2D eigenvalue weighted by Crippen LogP contribution is 2.30. The summed E-state index contributed by atoms with van der Waals surface area (Å²) in [4.78, 5) is 21.6. The van der Waals surface area contributed by atoms with E-state index in [0.29, 0.717) is 12.8 Å². The van der Waals surface area contributed by atoms with E-state index in [-0.39, 0.29) is 12.3 Å². The predicted octanol–water partition coefficient (Wildman–Crippen LogP) is 3.14. The van der Waals surface area contributed by atoms with E-state index in [0.717, 1.165) is 12.0 Å². The Morgan fingerprint density at radius 1 is 1.11 bits per heavy atom. The van der Waals surface area contributed by atoms with Crippen molar-refractivity contribution in [1.29, 1.82) is 0 Å². The van der Waals surface area contributed by atoms with Crippen molar-refractivity contribution in [1.82, 2.24) is 0 Å². The minimum atomic E-state index is -0.813. The Bertz CT molecular complexity index is 413. The summed E-state index contributed by atoms with van der Waals surface area (Å²) in [7, 11) is 0. The topological polar surface area (TPSA) is 74.6 Å². The summed E-state index contributed by atoms with van der Waals surface area (Å²) >= 11 is 0. The average Bonchev–Trinajstić information content (AvgIpc) is 2.38. The van der Waals surface area contributed by atoms with Crippen LogP contribution in [0.25, 0.3) is 0 Å². The van der Waals surface area contributed by atoms with E-state index in [4.69, 9.17) is 10.2 Å². The Morgan fingerprint density at radius 2 is 1.74 bits per heavy atom. The van der Waals surface area contributed by atoms with Crippen molar-refractivity contribution in [3.05, 3.63) is 35.9 Å². The maximum absolute atomic E-state index is 11.2. The Kier molecular flexibility index (Phi) is 6.06. The average molecular weight is 264 g/mol. The number of unbranched alkanes of at least 4 members (excludes halogenated alkanes) is 1. The number of benzene rings is 1. The van der Waals surface area contributed by atoms with E-state index in [1.165, 1.54) is 0 Å². The normalized spacial score (nSPS) is 13.7. The molecule has 0 amide bonds. The van der Waals surface area contributed by atoms with Crippen molar-refractivity contribution < 1.29 is 19.8 Å². The number of aliphatic carboxylic acids is 2. The molecule has 0 saturated heterocycles. The predicted molar refractivity (Wildman–Crippen MR) is 72.1 cm³/mol. The Balaban J connectivity index is 2.66. The van der Waals surface area contributed by atoms with E-state index < -0.39 is 17.9 Å². The first kappa shape index (κ1) is 15.2. The zero-order chi connectivity index (χ0) is 14.3. The summed E-state index contributed by atoms with van der Waals surface area (Å²) in [5.74, 6) is -2.14. The van der Waals surface area contributed by atoms with Crippen LogP contribution in [0.3, 0.4) is 0 Å². The maximum atomic E-state index is 11.2. The lowest BCUT2D eigenvalue weighted by atomic mass is 9.83. The van der Waals surface area contributed by atoms with Gasteiger partial charge in [-0.15, -0.1) is 0 Å². The SMILES string of the molecule is CC(C(=O)O)C(CCCCC(=O)O)c1ccccc1. The standard InChI is InChI=1S/C15H20O4/c1-11(15(18)19)13(9-5-6-10-14(16)17)12-7-3-2-4-8-12/h2-4,7-8,11,13H,5-6,9-10H2,1H3,(H,16,17)(H,18,19). The fraction of sp³-hybridized carbons (Fsp3) is 0.467. The molecule has 104 valence electrons. The van der Waals surface area contributed by atoms with E-state index in [1.807, 2.05) is 30.3 Å². The van der Waals surface area contributed by atoms with Crippen LogP contribution in [0, 0.1) is 5.92 Å². The second-order valence-corrected chi connectivity index (χ2v) is 4.78. The molecule has 0 bridgehead atoms. The van der Waals surface area contributed by atoms with Crippen LogP contribution in [0.4, 0.5) is 0 Å². The van der Waals surface area contributed by atoms with Gasteiger partial charge in [-0.3, -0.25) is 9.59 Å². The molecule has 4 heteroatoms. The van der Waals surface area contributed by atoms with Crippen molar-refractivity contribution in [2.45, 2.75) is 38.5 Å². The van der Waals surface area contributed by atoms with Gasteiger partial charge in [0, 0.05) is 6.42 Å². The molecular weight excluding hydrogens is 244 g/mol. The van der Waals surface area contributed by atoms with Gasteiger partial charge in [0.2, 0.25) is 0 Å². The number of carboxylic acid groups (broad SMARTS) is 2. The second kappa shape index (κ2) is 7.56. The minimum Gasteiger partial charge on any atom is -0.481 e. The third kappa shape index (κ3) is 5.12. The quantitative estimate of drug-likeness (QED) is 0.707. The number of rotatable bonds is 8. The van der Waals surface area contributed by atoms with Gasteiger partial charge in [-0.2, -0.15) is 0 Å². The molecule has 1 aromatic rings. The largest absolute Gasteiger partial charge is 0.481 e. The molecule has 0 aliphatic carbocycles. The van der Waals surface area contributed by atoms with Gasteiger partial charge in [0.25, 0.3) is 0 Å². The second-order valence-electron chi connectivity index (χ2n) is 4.78. The van der Waals surface area contributed by atoms with Gasteiger partial charge < -0.3 is 10.2 Å². The van der Waals surface area contributed by atoms with Gasteiger partial charge >= 0.3 is 11.9 Å². The van der Waals surface area contributed by atoms with Gasteiger partial charge in [-0.25, -0.2) is 0 Å². The highest BCUT2D eigenvalue weighted by Gasteiger charge is 2.24. The molecule has 0 aliphatic heterocycles. The number of hydrogen-bond acceptors (Lipinski definition) is 2. The van der Waals surface area contributed by atoms with Crippen molar-refractivity contribution in [3.63, 3.8) is 0 Å². The van der Waals surface area contributed by atoms with Crippen LogP contribution in [0.1, 0.15) is 44.1 Å². The number of carboxylic acids is 2. The van der Waals surface area contributed by atoms with Gasteiger partial charge in [-0.1, -0.05) is 43.7 Å². The molecular formula is C15H20O4. The lowest BCUT2D eigenvalue weighted by Gasteiger charge is -2.21. The third-order valence-electron chi connectivity index (χ3n) is 3.38. The minimum absolute atomic E-state index is 0.0625. The van der Waals surface area contributed by atoms with Gasteiger partial charge in [0.1, 0.15) is 0 Å². The first-order valence-corrected chi connectivity index (χ1v) is 6.52. The summed E-state index contributed by atoms with van der Waals surface area (Å²) in [5.41, 5.74) is 1.01. The number of carbonyl (C=O) groups is 2. The fourth-order valence-corrected chi connectivity index (χ4v) is 2.22. The zero-order valence-electron chi connectivity index (χ0n) is 11.1. The van der Waals surface area contributed by atoms with E-state index >= 15 is 0 Å². The highest BCUT2D eigenvalue weighted by atomic mass is 16.4. The van der Waals surface area contributed by atoms with Gasteiger partial charge in [0.15, 0.2) is 0 Å². The molecule has 0 aromatic heterocycles. The monoisotopic (exact) mass is 264 g/mol. The van der Waals surface area contributed by atoms with Crippen LogP contribution < -0.4 is 0 Å². The first-order valence-electron chi connectivity index (χ1n) is 6.52. The third-order valence-corrected chi connectivity index (χ3v) is 3.38. The fourth-order valence-electron chi connectivity index (χ4n) is 2.22. The van der Waals surface area contributed by atoms with Crippen LogP contribution in [-0.2, 0) is 9.59 Å². The molecule has 0 fully saturated rings. The zero-order valence-corrected chi connectivity index (χ0v) is 11.1. The van der Waals surface area contributed by atoms with Gasteiger partial charge in [0.05, 0.1) is 5.92 Å². The molecule has 0 radical (unpaired) electrons. The summed E-state index contributed by atoms with van der Waals surface area (Å²) in [6.45, 7) is 1.71. The van der Waals surface area contributed by atoms with Crippen LogP contribution in [0.15, 0.2) is 30.3 Å². The van der Waals surface area contributed by atoms with Crippen molar-refractivity contribution in [2.24, 2.45) is 5.92 Å². The van der Waals surface area contributed by atoms with Crippen molar-refractivity contribution >= 4 is 11.9 Å². The lowest BCUT2D eigenvalue weighted by Crippen LogP contribution is -2.19. The van der Waals surface area contributed by atoms with E-state index in [2.05, 4.69) is 0 Å². The van der Waals surface area contributed by atoms with Crippen LogP contribution in [0.2, 0.25) is 0 Å². The first-order chi connectivity index (χ1) is 9.02. The summed E-state index contributed by atoms with van der Waals surface area (Å²) in [6.07, 6.45) is 2.15. The molecule has 4 nitrogen and oxygen atoms in total. The Labute approximate surface area is 113 Å². The Hall–Kier alpha value is -1.84. The van der Waals surface area contributed by atoms with E-state index in [9.17, 15) is 9.59 Å². The maximum Gasteiger partial charge on any atom is 0.306 e. The lowest BCUT2D eigenvalue weighted by molar-refractivity contribution is -0.142. The number of hydrogen-bond donors (Lipinski definition) is 2. The molecule has 2 unspecified atom stereocenters.